The van der Waals surface area contributed by atoms with Gasteiger partial charge in [-0.2, -0.15) is 0 Å². The number of carbonyl (C=O) groups is 1. The molecule has 0 aliphatic rings. The topological polar surface area (TPSA) is 98.0 Å². The lowest BCUT2D eigenvalue weighted by Gasteiger charge is -2.09. The van der Waals surface area contributed by atoms with Crippen molar-refractivity contribution in [3.8, 4) is 28.4 Å². The average molecular weight is 468 g/mol. The van der Waals surface area contributed by atoms with Crippen molar-refractivity contribution in [1.82, 2.24) is 0 Å². The first-order valence-electron chi connectivity index (χ1n) is 7.93. The van der Waals surface area contributed by atoms with Crippen molar-refractivity contribution in [2.75, 3.05) is 0 Å². The molecule has 170 valence electrons. The van der Waals surface area contributed by atoms with Crippen LogP contribution in [-0.4, -0.2) is 26.4 Å². The molecule has 13 heteroatoms. The summed E-state index contributed by atoms with van der Waals surface area (Å²) in [5, 5.41) is 35.0. The Bertz CT molecular complexity index is 1180. The molecule has 3 aromatic carbocycles. The van der Waals surface area contributed by atoms with Gasteiger partial charge in [0, 0.05) is 5.56 Å². The van der Waals surface area contributed by atoms with Gasteiger partial charge in [-0.1, -0.05) is 0 Å². The van der Waals surface area contributed by atoms with Crippen molar-refractivity contribution in [1.29, 1.82) is 0 Å². The van der Waals surface area contributed by atoms with Gasteiger partial charge in [-0.25, -0.2) is 39.9 Å². The van der Waals surface area contributed by atoms with Crippen molar-refractivity contribution in [3.63, 3.8) is 0 Å². The molecule has 0 fully saturated rings. The highest BCUT2D eigenvalue weighted by atomic mass is 19.2. The number of hydrogen-bond acceptors (Lipinski definition) is 4. The van der Waals surface area contributed by atoms with Crippen LogP contribution in [0.2, 0.25) is 0 Å². The monoisotopic (exact) mass is 468 g/mol. The molecule has 5 nitrogen and oxygen atoms in total. The average Bonchev–Trinajstić information content (AvgIpc) is 2.74. The van der Waals surface area contributed by atoms with Crippen LogP contribution in [0.5, 0.6) is 17.2 Å². The summed E-state index contributed by atoms with van der Waals surface area (Å²) in [6, 6.07) is 2.35. The third-order valence-electron chi connectivity index (χ3n) is 3.83. The maximum Gasteiger partial charge on any atom is 0.335 e. The number of aromatic carboxylic acids is 1. The third-order valence-corrected chi connectivity index (χ3v) is 3.83. The number of hydrogen-bond donors (Lipinski definition) is 4. The summed E-state index contributed by atoms with van der Waals surface area (Å²) in [7, 11) is 0. The van der Waals surface area contributed by atoms with Crippen molar-refractivity contribution in [3.05, 3.63) is 76.4 Å². The van der Waals surface area contributed by atoms with Crippen LogP contribution in [-0.2, 0) is 0 Å². The number of benzene rings is 3. The summed E-state index contributed by atoms with van der Waals surface area (Å²) in [5.74, 6) is -20.9. The smallest absolute Gasteiger partial charge is 0.335 e. The lowest BCUT2D eigenvalue weighted by Crippen LogP contribution is -2.06. The Morgan fingerprint density at radius 3 is 1.50 bits per heavy atom. The molecule has 0 amide bonds. The van der Waals surface area contributed by atoms with E-state index in [9.17, 15) is 39.9 Å². The van der Waals surface area contributed by atoms with Crippen LogP contribution in [0.3, 0.4) is 0 Å². The lowest BCUT2D eigenvalue weighted by molar-refractivity contribution is 0.0695. The highest BCUT2D eigenvalue weighted by Gasteiger charge is 2.29. The zero-order chi connectivity index (χ0) is 24.5. The first kappa shape index (κ1) is 24.2. The third kappa shape index (κ3) is 4.36. The van der Waals surface area contributed by atoms with Crippen molar-refractivity contribution >= 4 is 5.97 Å². The van der Waals surface area contributed by atoms with E-state index in [0.29, 0.717) is 12.1 Å². The van der Waals surface area contributed by atoms with Gasteiger partial charge in [-0.3, -0.25) is 0 Å². The van der Waals surface area contributed by atoms with Crippen molar-refractivity contribution < 1.29 is 60.3 Å². The minimum atomic E-state index is -2.44. The zero-order valence-electron chi connectivity index (χ0n) is 15.0. The summed E-state index contributed by atoms with van der Waals surface area (Å²) in [5.41, 5.74) is -3.24. The molecule has 0 unspecified atom stereocenters. The molecule has 0 aliphatic heterocycles. The van der Waals surface area contributed by atoms with Gasteiger partial charge in [0.25, 0.3) is 0 Å². The van der Waals surface area contributed by atoms with Gasteiger partial charge in [-0.05, 0) is 24.3 Å². The number of phenolic OH excluding ortho intramolecular Hbond substituents is 3. The molecule has 0 aromatic heterocycles. The van der Waals surface area contributed by atoms with Gasteiger partial charge in [0.1, 0.15) is 0 Å². The molecule has 0 heterocycles. The van der Waals surface area contributed by atoms with Gasteiger partial charge in [0.05, 0.1) is 11.1 Å². The largest absolute Gasteiger partial charge is 0.504 e. The number of halogens is 8. The first-order valence-corrected chi connectivity index (χ1v) is 7.93. The van der Waals surface area contributed by atoms with Crippen LogP contribution in [0.25, 0.3) is 11.1 Å². The molecule has 0 saturated heterocycles. The summed E-state index contributed by atoms with van der Waals surface area (Å²) in [6.07, 6.45) is 0. The Balaban J connectivity index is 0.000000258. The Hall–Kier alpha value is -4.03. The summed E-state index contributed by atoms with van der Waals surface area (Å²) < 4.78 is 105. The molecule has 0 radical (unpaired) electrons. The minimum Gasteiger partial charge on any atom is -0.504 e. The van der Waals surface area contributed by atoms with Gasteiger partial charge in [-0.15, -0.1) is 0 Å². The van der Waals surface area contributed by atoms with E-state index >= 15 is 0 Å². The number of phenols is 3. The van der Waals surface area contributed by atoms with Crippen LogP contribution < -0.4 is 0 Å². The fraction of sp³-hybridized carbons (Fsp3) is 0. The molecule has 0 spiro atoms. The maximum absolute atomic E-state index is 13.4. The fourth-order valence-electron chi connectivity index (χ4n) is 2.29. The zero-order valence-corrected chi connectivity index (χ0v) is 15.0. The number of aromatic hydroxyl groups is 3. The van der Waals surface area contributed by atoms with Crippen molar-refractivity contribution in [2.45, 2.75) is 0 Å². The highest BCUT2D eigenvalue weighted by molar-refractivity contribution is 5.89. The van der Waals surface area contributed by atoms with Crippen LogP contribution >= 0.6 is 0 Å². The van der Waals surface area contributed by atoms with Crippen LogP contribution in [0.1, 0.15) is 10.4 Å². The first-order chi connectivity index (χ1) is 14.8. The maximum atomic E-state index is 13.4. The van der Waals surface area contributed by atoms with E-state index in [-0.39, 0.29) is 5.56 Å². The van der Waals surface area contributed by atoms with E-state index in [4.69, 9.17) is 20.4 Å². The molecule has 3 aromatic rings. The molecular formula is C19H8F8O5. The van der Waals surface area contributed by atoms with Gasteiger partial charge >= 0.3 is 5.97 Å². The highest BCUT2D eigenvalue weighted by Crippen LogP contribution is 2.35. The quantitative estimate of drug-likeness (QED) is 0.184. The Kier molecular flexibility index (Phi) is 6.81. The van der Waals surface area contributed by atoms with E-state index in [1.807, 2.05) is 0 Å². The SMILES string of the molecule is Fc1ccc(-c2c(F)c(F)c(F)c(F)c2F)c(F)c1F.O=C(O)c1cc(O)c(O)c(O)c1. The van der Waals surface area contributed by atoms with Crippen LogP contribution in [0.15, 0.2) is 24.3 Å². The molecule has 0 saturated carbocycles. The molecule has 32 heavy (non-hydrogen) atoms. The summed E-state index contributed by atoms with van der Waals surface area (Å²) in [6.45, 7) is 0. The molecule has 4 N–H and O–H groups in total. The molecule has 0 aliphatic carbocycles. The fourth-order valence-corrected chi connectivity index (χ4v) is 2.29. The summed E-state index contributed by atoms with van der Waals surface area (Å²) >= 11 is 0. The second kappa shape index (κ2) is 8.99. The number of rotatable bonds is 2. The van der Waals surface area contributed by atoms with Gasteiger partial charge in [0.2, 0.25) is 5.82 Å². The second-order valence-corrected chi connectivity index (χ2v) is 5.84. The summed E-state index contributed by atoms with van der Waals surface area (Å²) in [4.78, 5) is 10.3. The second-order valence-electron chi connectivity index (χ2n) is 5.84. The van der Waals surface area contributed by atoms with E-state index < -0.39 is 80.9 Å². The molecular weight excluding hydrogens is 460 g/mol. The van der Waals surface area contributed by atoms with Crippen molar-refractivity contribution in [2.24, 2.45) is 0 Å². The Morgan fingerprint density at radius 1 is 0.625 bits per heavy atom. The van der Waals surface area contributed by atoms with E-state index in [1.165, 1.54) is 0 Å². The van der Waals surface area contributed by atoms with E-state index in [1.54, 1.807) is 0 Å². The van der Waals surface area contributed by atoms with E-state index in [0.717, 1.165) is 12.1 Å². The molecule has 0 atom stereocenters. The van der Waals surface area contributed by atoms with Gasteiger partial charge in [0.15, 0.2) is 58.0 Å². The number of carboxylic acids is 1. The van der Waals surface area contributed by atoms with Crippen LogP contribution in [0, 0.1) is 46.5 Å². The predicted octanol–water partition coefficient (Wildman–Crippen LogP) is 4.97. The number of carboxylic acid groups (broad SMARTS) is 1. The minimum absolute atomic E-state index is 0.289. The lowest BCUT2D eigenvalue weighted by atomic mass is 10.0. The standard InChI is InChI=1S/C12H2F8.C7H6O5/c13-4-2-1-3(6(14)7(4)15)5-8(16)10(18)12(20)11(19)9(5)17;8-4-1-3(7(11)12)2-5(9)6(4)10/h1-2H;1-2,8-10H,(H,11,12). The van der Waals surface area contributed by atoms with Crippen LogP contribution in [0.4, 0.5) is 35.1 Å². The normalized spacial score (nSPS) is 10.5. The van der Waals surface area contributed by atoms with Gasteiger partial charge < -0.3 is 20.4 Å². The predicted molar refractivity (Wildman–Crippen MR) is 89.9 cm³/mol. The Morgan fingerprint density at radius 2 is 1.06 bits per heavy atom. The van der Waals surface area contributed by atoms with E-state index in [2.05, 4.69) is 0 Å². The molecule has 3 rings (SSSR count). The molecule has 0 bridgehead atoms. The Labute approximate surface area is 172 Å².